The van der Waals surface area contributed by atoms with Crippen LogP contribution in [0.5, 0.6) is 0 Å². The number of nitrogens with one attached hydrogen (secondary N) is 2. The number of amides is 1. The molecule has 1 atom stereocenters. The molecule has 0 saturated carbocycles. The van der Waals surface area contributed by atoms with Crippen LogP contribution in [-0.2, 0) is 11.2 Å². The molecule has 1 amide bonds. The SMILES string of the molecule is CCc1cc(=O)[nH]c(SC(C)C(=O)Nc2ccc(F)c(F)c2)n1. The first kappa shape index (κ1) is 17.1. The van der Waals surface area contributed by atoms with Crippen molar-refractivity contribution in [3.05, 3.63) is 51.9 Å². The molecule has 1 aromatic carbocycles. The molecule has 0 radical (unpaired) electrons. The number of anilines is 1. The normalized spacial score (nSPS) is 12.0. The molecule has 0 aliphatic carbocycles. The molecule has 2 aromatic rings. The van der Waals surface area contributed by atoms with Gasteiger partial charge in [0.2, 0.25) is 5.91 Å². The van der Waals surface area contributed by atoms with Gasteiger partial charge in [-0.3, -0.25) is 9.59 Å². The summed E-state index contributed by atoms with van der Waals surface area (Å²) in [4.78, 5) is 30.4. The van der Waals surface area contributed by atoms with Gasteiger partial charge in [0.1, 0.15) is 0 Å². The summed E-state index contributed by atoms with van der Waals surface area (Å²) in [5.41, 5.74) is 0.502. The second-order valence-electron chi connectivity index (χ2n) is 4.77. The number of aryl methyl sites for hydroxylation is 1. The van der Waals surface area contributed by atoms with Crippen molar-refractivity contribution in [2.75, 3.05) is 5.32 Å². The lowest BCUT2D eigenvalue weighted by Crippen LogP contribution is -2.23. The molecule has 5 nitrogen and oxygen atoms in total. The van der Waals surface area contributed by atoms with Gasteiger partial charge >= 0.3 is 0 Å². The Kier molecular flexibility index (Phi) is 5.49. The van der Waals surface area contributed by atoms with E-state index in [-0.39, 0.29) is 11.2 Å². The third kappa shape index (κ3) is 4.62. The lowest BCUT2D eigenvalue weighted by Gasteiger charge is -2.12. The first-order valence-electron chi connectivity index (χ1n) is 6.92. The monoisotopic (exact) mass is 339 g/mol. The van der Waals surface area contributed by atoms with Crippen LogP contribution in [-0.4, -0.2) is 21.1 Å². The van der Waals surface area contributed by atoms with Gasteiger partial charge in [0, 0.05) is 23.5 Å². The highest BCUT2D eigenvalue weighted by molar-refractivity contribution is 8.00. The average Bonchev–Trinajstić information content (AvgIpc) is 2.50. The van der Waals surface area contributed by atoms with E-state index in [4.69, 9.17) is 0 Å². The fourth-order valence-electron chi connectivity index (χ4n) is 1.76. The minimum Gasteiger partial charge on any atom is -0.325 e. The number of aromatic nitrogens is 2. The number of benzene rings is 1. The summed E-state index contributed by atoms with van der Waals surface area (Å²) in [7, 11) is 0. The molecule has 0 saturated heterocycles. The van der Waals surface area contributed by atoms with E-state index in [1.165, 1.54) is 12.1 Å². The van der Waals surface area contributed by atoms with Gasteiger partial charge in [0.25, 0.3) is 5.56 Å². The fraction of sp³-hybridized carbons (Fsp3) is 0.267. The topological polar surface area (TPSA) is 74.8 Å². The van der Waals surface area contributed by atoms with Gasteiger partial charge < -0.3 is 10.3 Å². The minimum absolute atomic E-state index is 0.158. The maximum absolute atomic E-state index is 13.1. The van der Waals surface area contributed by atoms with Gasteiger partial charge in [0.05, 0.1) is 5.25 Å². The van der Waals surface area contributed by atoms with Crippen LogP contribution in [0.3, 0.4) is 0 Å². The summed E-state index contributed by atoms with van der Waals surface area (Å²) in [6, 6.07) is 4.51. The van der Waals surface area contributed by atoms with Crippen LogP contribution >= 0.6 is 11.8 Å². The second-order valence-corrected chi connectivity index (χ2v) is 6.10. The number of carbonyl (C=O) groups excluding carboxylic acids is 1. The first-order chi connectivity index (χ1) is 10.9. The first-order valence-corrected chi connectivity index (χ1v) is 7.79. The van der Waals surface area contributed by atoms with Crippen molar-refractivity contribution in [3.8, 4) is 0 Å². The standard InChI is InChI=1S/C15H15F2N3O2S/c1-3-9-7-13(21)20-15(19-9)23-8(2)14(22)18-10-4-5-11(16)12(17)6-10/h4-8H,3H2,1-2H3,(H,18,22)(H,19,20,21). The van der Waals surface area contributed by atoms with Crippen LogP contribution in [0, 0.1) is 11.6 Å². The molecular weight excluding hydrogens is 324 g/mol. The Morgan fingerprint density at radius 2 is 2.09 bits per heavy atom. The maximum Gasteiger partial charge on any atom is 0.251 e. The van der Waals surface area contributed by atoms with Crippen molar-refractivity contribution >= 4 is 23.4 Å². The molecule has 0 aliphatic heterocycles. The molecule has 2 rings (SSSR count). The number of carbonyl (C=O) groups is 1. The molecule has 1 heterocycles. The van der Waals surface area contributed by atoms with Gasteiger partial charge in [-0.2, -0.15) is 0 Å². The van der Waals surface area contributed by atoms with Crippen LogP contribution in [0.1, 0.15) is 19.5 Å². The number of aromatic amines is 1. The zero-order chi connectivity index (χ0) is 17.0. The van der Waals surface area contributed by atoms with E-state index >= 15 is 0 Å². The molecule has 1 aromatic heterocycles. The quantitative estimate of drug-likeness (QED) is 0.649. The smallest absolute Gasteiger partial charge is 0.251 e. The Hall–Kier alpha value is -2.22. The summed E-state index contributed by atoms with van der Waals surface area (Å²) in [5, 5.41) is 2.24. The van der Waals surface area contributed by atoms with Gasteiger partial charge in [-0.05, 0) is 25.5 Å². The van der Waals surface area contributed by atoms with Crippen LogP contribution in [0.15, 0.2) is 34.2 Å². The molecule has 0 aliphatic rings. The summed E-state index contributed by atoms with van der Waals surface area (Å²) >= 11 is 1.08. The number of nitrogens with zero attached hydrogens (tertiary/aromatic N) is 1. The molecular formula is C15H15F2N3O2S. The number of hydrogen-bond donors (Lipinski definition) is 2. The molecule has 2 N–H and O–H groups in total. The summed E-state index contributed by atoms with van der Waals surface area (Å²) < 4.78 is 26.0. The van der Waals surface area contributed by atoms with E-state index < -0.39 is 22.8 Å². The van der Waals surface area contributed by atoms with Crippen molar-refractivity contribution in [2.45, 2.75) is 30.7 Å². The highest BCUT2D eigenvalue weighted by Gasteiger charge is 2.17. The third-order valence-corrected chi connectivity index (χ3v) is 3.96. The Labute approximate surface area is 135 Å². The average molecular weight is 339 g/mol. The minimum atomic E-state index is -1.04. The van der Waals surface area contributed by atoms with Crippen LogP contribution in [0.25, 0.3) is 0 Å². The van der Waals surface area contributed by atoms with E-state index in [2.05, 4.69) is 15.3 Å². The molecule has 1 unspecified atom stereocenters. The zero-order valence-electron chi connectivity index (χ0n) is 12.5. The second kappa shape index (κ2) is 7.36. The number of H-pyrrole nitrogens is 1. The van der Waals surface area contributed by atoms with Crippen molar-refractivity contribution < 1.29 is 13.6 Å². The lowest BCUT2D eigenvalue weighted by atomic mass is 10.3. The summed E-state index contributed by atoms with van der Waals surface area (Å²) in [5.74, 6) is -2.43. The highest BCUT2D eigenvalue weighted by Crippen LogP contribution is 2.21. The largest absolute Gasteiger partial charge is 0.325 e. The number of halogens is 2. The molecule has 122 valence electrons. The van der Waals surface area contributed by atoms with Crippen LogP contribution in [0.4, 0.5) is 14.5 Å². The van der Waals surface area contributed by atoms with E-state index in [0.29, 0.717) is 17.3 Å². The third-order valence-electron chi connectivity index (χ3n) is 2.98. The van der Waals surface area contributed by atoms with Gasteiger partial charge in [0.15, 0.2) is 16.8 Å². The number of thioether (sulfide) groups is 1. The van der Waals surface area contributed by atoms with Crippen LogP contribution in [0.2, 0.25) is 0 Å². The fourth-order valence-corrected chi connectivity index (χ4v) is 2.59. The lowest BCUT2D eigenvalue weighted by molar-refractivity contribution is -0.115. The predicted molar refractivity (Wildman–Crippen MR) is 84.5 cm³/mol. The Morgan fingerprint density at radius 3 is 2.74 bits per heavy atom. The molecule has 0 fully saturated rings. The van der Waals surface area contributed by atoms with E-state index in [1.807, 2.05) is 6.92 Å². The molecule has 23 heavy (non-hydrogen) atoms. The Balaban J connectivity index is 2.06. The summed E-state index contributed by atoms with van der Waals surface area (Å²) in [6.45, 7) is 3.49. The highest BCUT2D eigenvalue weighted by atomic mass is 32.2. The van der Waals surface area contributed by atoms with Gasteiger partial charge in [-0.25, -0.2) is 13.8 Å². The molecule has 0 spiro atoms. The zero-order valence-corrected chi connectivity index (χ0v) is 13.3. The maximum atomic E-state index is 13.1. The van der Waals surface area contributed by atoms with Crippen LogP contribution < -0.4 is 10.9 Å². The molecule has 0 bridgehead atoms. The van der Waals surface area contributed by atoms with E-state index in [0.717, 1.165) is 23.9 Å². The van der Waals surface area contributed by atoms with E-state index in [9.17, 15) is 18.4 Å². The van der Waals surface area contributed by atoms with E-state index in [1.54, 1.807) is 6.92 Å². The van der Waals surface area contributed by atoms with Crippen molar-refractivity contribution in [1.82, 2.24) is 9.97 Å². The van der Waals surface area contributed by atoms with Crippen molar-refractivity contribution in [1.29, 1.82) is 0 Å². The van der Waals surface area contributed by atoms with Crippen molar-refractivity contribution in [3.63, 3.8) is 0 Å². The summed E-state index contributed by atoms with van der Waals surface area (Å²) in [6.07, 6.45) is 0.604. The Morgan fingerprint density at radius 1 is 1.35 bits per heavy atom. The number of rotatable bonds is 5. The molecule has 8 heteroatoms. The number of hydrogen-bond acceptors (Lipinski definition) is 4. The Bertz CT molecular complexity index is 780. The van der Waals surface area contributed by atoms with Crippen molar-refractivity contribution in [2.24, 2.45) is 0 Å². The van der Waals surface area contributed by atoms with Gasteiger partial charge in [-0.15, -0.1) is 0 Å². The van der Waals surface area contributed by atoms with Gasteiger partial charge in [-0.1, -0.05) is 18.7 Å². The predicted octanol–water partition coefficient (Wildman–Crippen LogP) is 2.73.